The molecule has 0 aromatic heterocycles. The minimum atomic E-state index is -2.96. The lowest BCUT2D eigenvalue weighted by atomic mass is 9.81. The van der Waals surface area contributed by atoms with E-state index in [-0.39, 0.29) is 28.9 Å². The summed E-state index contributed by atoms with van der Waals surface area (Å²) in [6.45, 7) is 3.59. The largest absolute Gasteiger partial charge is 0.352 e. The van der Waals surface area contributed by atoms with Crippen LogP contribution in [-0.2, 0) is 14.6 Å². The van der Waals surface area contributed by atoms with E-state index < -0.39 is 9.84 Å². The van der Waals surface area contributed by atoms with Gasteiger partial charge in [0.25, 0.3) is 0 Å². The number of carbonyl (C=O) groups is 1. The van der Waals surface area contributed by atoms with Crippen LogP contribution in [0, 0.1) is 5.41 Å². The van der Waals surface area contributed by atoms with Gasteiger partial charge in [0.1, 0.15) is 0 Å². The normalized spacial score (nSPS) is 35.9. The fourth-order valence-electron chi connectivity index (χ4n) is 2.75. The number of amides is 1. The zero-order valence-electron chi connectivity index (χ0n) is 10.9. The highest BCUT2D eigenvalue weighted by Gasteiger charge is 2.36. The van der Waals surface area contributed by atoms with Gasteiger partial charge in [-0.15, -0.1) is 0 Å². The number of hydrogen-bond acceptors (Lipinski definition) is 4. The highest BCUT2D eigenvalue weighted by molar-refractivity contribution is 7.91. The number of carbonyl (C=O) groups excluding carboxylic acids is 1. The van der Waals surface area contributed by atoms with Crippen molar-refractivity contribution in [1.29, 1.82) is 0 Å². The Morgan fingerprint density at radius 2 is 2.17 bits per heavy atom. The zero-order chi connectivity index (χ0) is 13.2. The Labute approximate surface area is 109 Å². The lowest BCUT2D eigenvalue weighted by Crippen LogP contribution is -2.53. The molecular weight excluding hydrogens is 252 g/mol. The van der Waals surface area contributed by atoms with E-state index in [2.05, 4.69) is 10.6 Å². The summed E-state index contributed by atoms with van der Waals surface area (Å²) in [6, 6.07) is -0.199. The predicted octanol–water partition coefficient (Wildman–Crippen LogP) is 0.0695. The van der Waals surface area contributed by atoms with Crippen LogP contribution in [0.5, 0.6) is 0 Å². The van der Waals surface area contributed by atoms with Crippen LogP contribution in [0.3, 0.4) is 0 Å². The molecule has 0 bridgehead atoms. The molecule has 2 saturated heterocycles. The van der Waals surface area contributed by atoms with Gasteiger partial charge in [0.05, 0.1) is 16.9 Å². The van der Waals surface area contributed by atoms with Gasteiger partial charge >= 0.3 is 0 Å². The Hall–Kier alpha value is -0.620. The van der Waals surface area contributed by atoms with E-state index in [4.69, 9.17) is 0 Å². The Bertz CT molecular complexity index is 413. The summed E-state index contributed by atoms with van der Waals surface area (Å²) in [6.07, 6.45) is 3.29. The molecule has 2 rings (SSSR count). The van der Waals surface area contributed by atoms with Crippen molar-refractivity contribution in [2.24, 2.45) is 5.41 Å². The molecule has 2 aliphatic heterocycles. The minimum Gasteiger partial charge on any atom is -0.352 e. The Morgan fingerprint density at radius 3 is 2.78 bits per heavy atom. The van der Waals surface area contributed by atoms with Crippen LogP contribution < -0.4 is 10.6 Å². The second-order valence-electron chi connectivity index (χ2n) is 5.77. The van der Waals surface area contributed by atoms with E-state index >= 15 is 0 Å². The summed E-state index contributed by atoms with van der Waals surface area (Å²) >= 11 is 0. The lowest BCUT2D eigenvalue weighted by Gasteiger charge is -2.35. The monoisotopic (exact) mass is 274 g/mol. The van der Waals surface area contributed by atoms with Crippen LogP contribution in [0.1, 0.15) is 32.6 Å². The van der Waals surface area contributed by atoms with Crippen LogP contribution in [0.15, 0.2) is 0 Å². The first-order chi connectivity index (χ1) is 8.41. The van der Waals surface area contributed by atoms with Crippen molar-refractivity contribution >= 4 is 15.7 Å². The molecule has 1 amide bonds. The summed E-state index contributed by atoms with van der Waals surface area (Å²) in [5.74, 6) is 0.359. The fourth-order valence-corrected chi connectivity index (χ4v) is 4.38. The second kappa shape index (κ2) is 5.17. The van der Waals surface area contributed by atoms with Crippen molar-refractivity contribution in [3.05, 3.63) is 0 Å². The molecule has 0 radical (unpaired) electrons. The van der Waals surface area contributed by atoms with Crippen LogP contribution in [0.25, 0.3) is 0 Å². The molecular formula is C12H22N2O3S. The number of nitrogens with one attached hydrogen (secondary N) is 2. The van der Waals surface area contributed by atoms with Crippen LogP contribution >= 0.6 is 0 Å². The van der Waals surface area contributed by atoms with E-state index in [1.165, 1.54) is 0 Å². The Kier molecular flexibility index (Phi) is 3.96. The molecule has 2 fully saturated rings. The first kappa shape index (κ1) is 13.8. The van der Waals surface area contributed by atoms with Crippen LogP contribution in [-0.4, -0.2) is 45.0 Å². The quantitative estimate of drug-likeness (QED) is 0.747. The molecule has 0 aromatic rings. The van der Waals surface area contributed by atoms with Crippen molar-refractivity contribution in [3.63, 3.8) is 0 Å². The number of sulfone groups is 1. The molecule has 0 aromatic carbocycles. The van der Waals surface area contributed by atoms with Gasteiger partial charge in [-0.05, 0) is 39.2 Å². The topological polar surface area (TPSA) is 75.3 Å². The van der Waals surface area contributed by atoms with E-state index in [0.29, 0.717) is 13.0 Å². The molecule has 104 valence electrons. The smallest absolute Gasteiger partial charge is 0.227 e. The zero-order valence-corrected chi connectivity index (χ0v) is 11.7. The standard InChI is InChI=1S/C12H22N2O3S/c1-12(5-3-6-13-9-12)11(15)14-10-4-2-7-18(16,17)8-10/h10,13H,2-9H2,1H3,(H,14,15). The van der Waals surface area contributed by atoms with E-state index in [1.54, 1.807) is 0 Å². The van der Waals surface area contributed by atoms with E-state index in [0.717, 1.165) is 25.8 Å². The SMILES string of the molecule is CC1(C(=O)NC2CCCS(=O)(=O)C2)CCCNC1. The first-order valence-corrected chi connectivity index (χ1v) is 8.46. The van der Waals surface area contributed by atoms with Crippen LogP contribution in [0.4, 0.5) is 0 Å². The molecule has 5 nitrogen and oxygen atoms in total. The predicted molar refractivity (Wildman–Crippen MR) is 70.0 cm³/mol. The van der Waals surface area contributed by atoms with Crippen molar-refractivity contribution in [3.8, 4) is 0 Å². The third-order valence-electron chi connectivity index (χ3n) is 3.94. The van der Waals surface area contributed by atoms with Crippen molar-refractivity contribution in [2.45, 2.75) is 38.6 Å². The number of rotatable bonds is 2. The Balaban J connectivity index is 1.94. The second-order valence-corrected chi connectivity index (χ2v) is 8.00. The van der Waals surface area contributed by atoms with Gasteiger partial charge in [-0.3, -0.25) is 4.79 Å². The third kappa shape index (κ3) is 3.23. The van der Waals surface area contributed by atoms with Gasteiger partial charge in [0.15, 0.2) is 9.84 Å². The van der Waals surface area contributed by atoms with Gasteiger partial charge in [0, 0.05) is 12.6 Å². The van der Waals surface area contributed by atoms with Gasteiger partial charge in [-0.25, -0.2) is 8.42 Å². The number of hydrogen-bond donors (Lipinski definition) is 2. The lowest BCUT2D eigenvalue weighted by molar-refractivity contribution is -0.131. The maximum Gasteiger partial charge on any atom is 0.227 e. The van der Waals surface area contributed by atoms with Gasteiger partial charge in [0.2, 0.25) is 5.91 Å². The fraction of sp³-hybridized carbons (Fsp3) is 0.917. The maximum absolute atomic E-state index is 12.3. The van der Waals surface area contributed by atoms with E-state index in [1.807, 2.05) is 6.92 Å². The number of piperidine rings is 1. The average Bonchev–Trinajstić information content (AvgIpc) is 2.28. The highest BCUT2D eigenvalue weighted by Crippen LogP contribution is 2.26. The van der Waals surface area contributed by atoms with Crippen molar-refractivity contribution in [2.75, 3.05) is 24.6 Å². The van der Waals surface area contributed by atoms with Gasteiger partial charge < -0.3 is 10.6 Å². The minimum absolute atomic E-state index is 0.00296. The summed E-state index contributed by atoms with van der Waals surface area (Å²) in [5.41, 5.74) is -0.389. The molecule has 0 saturated carbocycles. The molecule has 2 N–H and O–H groups in total. The maximum atomic E-state index is 12.3. The van der Waals surface area contributed by atoms with Gasteiger partial charge in [-0.1, -0.05) is 0 Å². The van der Waals surface area contributed by atoms with Gasteiger partial charge in [-0.2, -0.15) is 0 Å². The molecule has 18 heavy (non-hydrogen) atoms. The first-order valence-electron chi connectivity index (χ1n) is 6.63. The molecule has 2 aliphatic rings. The van der Waals surface area contributed by atoms with E-state index in [9.17, 15) is 13.2 Å². The summed E-state index contributed by atoms with van der Waals surface area (Å²) < 4.78 is 23.1. The Morgan fingerprint density at radius 1 is 1.39 bits per heavy atom. The van der Waals surface area contributed by atoms with Crippen molar-refractivity contribution in [1.82, 2.24) is 10.6 Å². The summed E-state index contributed by atoms with van der Waals surface area (Å²) in [7, 11) is -2.96. The molecule has 2 unspecified atom stereocenters. The average molecular weight is 274 g/mol. The highest BCUT2D eigenvalue weighted by atomic mass is 32.2. The van der Waals surface area contributed by atoms with Crippen LogP contribution in [0.2, 0.25) is 0 Å². The summed E-state index contributed by atoms with van der Waals surface area (Å²) in [4.78, 5) is 12.3. The molecule has 2 heterocycles. The summed E-state index contributed by atoms with van der Waals surface area (Å²) in [5, 5.41) is 6.16. The molecule has 2 atom stereocenters. The molecule has 0 aliphatic carbocycles. The molecule has 6 heteroatoms. The van der Waals surface area contributed by atoms with Crippen molar-refractivity contribution < 1.29 is 13.2 Å². The molecule has 0 spiro atoms. The third-order valence-corrected chi connectivity index (χ3v) is 5.76.